The number of rotatable bonds is 7. The van der Waals surface area contributed by atoms with Crippen molar-refractivity contribution in [1.82, 2.24) is 9.62 Å². The lowest BCUT2D eigenvalue weighted by atomic mass is 10.0. The number of ether oxygens (including phenoxy) is 2. The average Bonchev–Trinajstić information content (AvgIpc) is 2.88. The summed E-state index contributed by atoms with van der Waals surface area (Å²) in [5.41, 5.74) is 2.23. The predicted molar refractivity (Wildman–Crippen MR) is 126 cm³/mol. The Kier molecular flexibility index (Phi) is 7.64. The van der Waals surface area contributed by atoms with Crippen LogP contribution in [0.4, 0.5) is 5.69 Å². The normalized spacial score (nSPS) is 18.6. The maximum Gasteiger partial charge on any atom is 0.253 e. The highest BCUT2D eigenvalue weighted by molar-refractivity contribution is 7.89. The van der Waals surface area contributed by atoms with Gasteiger partial charge >= 0.3 is 0 Å². The molecule has 0 aliphatic carbocycles. The largest absolute Gasteiger partial charge is 0.379 e. The van der Waals surface area contributed by atoms with Gasteiger partial charge in [-0.3, -0.25) is 4.79 Å². The maximum absolute atomic E-state index is 13.3. The first-order chi connectivity index (χ1) is 16.0. The van der Waals surface area contributed by atoms with Gasteiger partial charge in [-0.05, 0) is 29.7 Å². The number of sulfonamides is 1. The summed E-state index contributed by atoms with van der Waals surface area (Å²) >= 11 is 0. The second-order valence-electron chi connectivity index (χ2n) is 8.32. The first kappa shape index (κ1) is 23.7. The van der Waals surface area contributed by atoms with E-state index in [-0.39, 0.29) is 16.7 Å². The van der Waals surface area contributed by atoms with Crippen molar-refractivity contribution >= 4 is 21.6 Å². The lowest BCUT2D eigenvalue weighted by Gasteiger charge is -2.31. The number of anilines is 1. The van der Waals surface area contributed by atoms with Gasteiger partial charge in [0.1, 0.15) is 0 Å². The van der Waals surface area contributed by atoms with Crippen LogP contribution in [0.15, 0.2) is 53.4 Å². The van der Waals surface area contributed by atoms with Gasteiger partial charge in [0, 0.05) is 38.4 Å². The van der Waals surface area contributed by atoms with E-state index in [9.17, 15) is 13.2 Å². The highest BCUT2D eigenvalue weighted by atomic mass is 32.2. The van der Waals surface area contributed by atoms with Crippen LogP contribution in [0.2, 0.25) is 0 Å². The minimum absolute atomic E-state index is 0.127. The van der Waals surface area contributed by atoms with Crippen molar-refractivity contribution in [3.63, 3.8) is 0 Å². The van der Waals surface area contributed by atoms with E-state index >= 15 is 0 Å². The van der Waals surface area contributed by atoms with Crippen LogP contribution < -0.4 is 10.2 Å². The second kappa shape index (κ2) is 10.6. The number of carbonyl (C=O) groups excluding carboxylic acids is 1. The molecule has 2 aromatic rings. The third-order valence-electron chi connectivity index (χ3n) is 6.11. The molecule has 8 nitrogen and oxygen atoms in total. The standard InChI is InChI=1S/C24H31N3O5S/c1-19(20-5-3-2-4-6-20)18-25-24(28)22-17-21(33(29,30)27-11-15-32-16-12-27)7-8-23(22)26-9-13-31-14-10-26/h2-8,17,19H,9-16,18H2,1H3,(H,25,28). The maximum atomic E-state index is 13.3. The van der Waals surface area contributed by atoms with Crippen molar-refractivity contribution < 1.29 is 22.7 Å². The van der Waals surface area contributed by atoms with Crippen molar-refractivity contribution in [3.05, 3.63) is 59.7 Å². The molecule has 2 aromatic carbocycles. The van der Waals surface area contributed by atoms with Crippen LogP contribution in [-0.2, 0) is 19.5 Å². The number of carbonyl (C=O) groups is 1. The van der Waals surface area contributed by atoms with Gasteiger partial charge in [-0.2, -0.15) is 4.31 Å². The molecule has 0 aromatic heterocycles. The molecule has 0 radical (unpaired) electrons. The lowest BCUT2D eigenvalue weighted by Crippen LogP contribution is -2.41. The second-order valence-corrected chi connectivity index (χ2v) is 10.3. The van der Waals surface area contributed by atoms with Crippen LogP contribution >= 0.6 is 0 Å². The molecule has 2 aliphatic rings. The summed E-state index contributed by atoms with van der Waals surface area (Å²) in [6.07, 6.45) is 0. The third kappa shape index (κ3) is 5.55. The smallest absolute Gasteiger partial charge is 0.253 e. The Labute approximate surface area is 195 Å². The number of hydrogen-bond donors (Lipinski definition) is 1. The zero-order valence-electron chi connectivity index (χ0n) is 18.9. The third-order valence-corrected chi connectivity index (χ3v) is 8.00. The van der Waals surface area contributed by atoms with E-state index in [4.69, 9.17) is 9.47 Å². The lowest BCUT2D eigenvalue weighted by molar-refractivity contribution is 0.0730. The van der Waals surface area contributed by atoms with Gasteiger partial charge in [0.05, 0.1) is 36.9 Å². The molecule has 0 spiro atoms. The number of nitrogens with zero attached hydrogens (tertiary/aromatic N) is 2. The summed E-state index contributed by atoms with van der Waals surface area (Å²) in [5, 5.41) is 3.01. The highest BCUT2D eigenvalue weighted by Gasteiger charge is 2.29. The number of benzene rings is 2. The summed E-state index contributed by atoms with van der Waals surface area (Å²) in [6, 6.07) is 14.8. The molecular weight excluding hydrogens is 442 g/mol. The molecule has 1 N–H and O–H groups in total. The van der Waals surface area contributed by atoms with Crippen LogP contribution in [0.1, 0.15) is 28.8 Å². The van der Waals surface area contributed by atoms with E-state index in [1.54, 1.807) is 12.1 Å². The van der Waals surface area contributed by atoms with Crippen molar-refractivity contribution in [1.29, 1.82) is 0 Å². The van der Waals surface area contributed by atoms with Crippen molar-refractivity contribution in [2.24, 2.45) is 0 Å². The molecule has 2 saturated heterocycles. The molecule has 1 unspecified atom stereocenters. The number of morpholine rings is 2. The van der Waals surface area contributed by atoms with Gasteiger partial charge in [0.25, 0.3) is 5.91 Å². The molecule has 4 rings (SSSR count). The Bertz CT molecular complexity index is 1050. The van der Waals surface area contributed by atoms with Crippen LogP contribution in [0.3, 0.4) is 0 Å². The fourth-order valence-electron chi connectivity index (χ4n) is 4.11. The first-order valence-electron chi connectivity index (χ1n) is 11.3. The van der Waals surface area contributed by atoms with E-state index in [0.717, 1.165) is 11.3 Å². The van der Waals surface area contributed by atoms with Gasteiger partial charge in [-0.1, -0.05) is 37.3 Å². The molecule has 2 fully saturated rings. The summed E-state index contributed by atoms with van der Waals surface area (Å²) in [5.74, 6) is -0.152. The van der Waals surface area contributed by atoms with Crippen LogP contribution in [0.5, 0.6) is 0 Å². The number of amides is 1. The summed E-state index contributed by atoms with van der Waals surface area (Å²) in [6.45, 7) is 6.30. The van der Waals surface area contributed by atoms with E-state index in [0.29, 0.717) is 64.7 Å². The monoisotopic (exact) mass is 473 g/mol. The zero-order valence-corrected chi connectivity index (χ0v) is 19.7. The van der Waals surface area contributed by atoms with Crippen molar-refractivity contribution in [3.8, 4) is 0 Å². The summed E-state index contributed by atoms with van der Waals surface area (Å²) in [4.78, 5) is 15.5. The van der Waals surface area contributed by atoms with E-state index in [2.05, 4.69) is 17.1 Å². The van der Waals surface area contributed by atoms with Gasteiger partial charge in [-0.15, -0.1) is 0 Å². The SMILES string of the molecule is CC(CNC(=O)c1cc(S(=O)(=O)N2CCOCC2)ccc1N1CCOCC1)c1ccccc1. The summed E-state index contributed by atoms with van der Waals surface area (Å²) < 4.78 is 38.6. The first-order valence-corrected chi connectivity index (χ1v) is 12.8. The molecule has 33 heavy (non-hydrogen) atoms. The number of nitrogens with one attached hydrogen (secondary N) is 1. The topological polar surface area (TPSA) is 88.2 Å². The van der Waals surface area contributed by atoms with Crippen LogP contribution in [0.25, 0.3) is 0 Å². The Hall–Kier alpha value is -2.46. The van der Waals surface area contributed by atoms with E-state index in [1.165, 1.54) is 10.4 Å². The van der Waals surface area contributed by atoms with Crippen molar-refractivity contribution in [2.45, 2.75) is 17.7 Å². The molecule has 2 heterocycles. The Morgan fingerprint density at radius 3 is 2.27 bits per heavy atom. The molecule has 0 bridgehead atoms. The van der Waals surface area contributed by atoms with Crippen LogP contribution in [-0.4, -0.2) is 77.8 Å². The number of hydrogen-bond acceptors (Lipinski definition) is 6. The quantitative estimate of drug-likeness (QED) is 0.663. The van der Waals surface area contributed by atoms with Crippen molar-refractivity contribution in [2.75, 3.05) is 64.1 Å². The van der Waals surface area contributed by atoms with Crippen LogP contribution in [0, 0.1) is 0 Å². The highest BCUT2D eigenvalue weighted by Crippen LogP contribution is 2.27. The summed E-state index contributed by atoms with van der Waals surface area (Å²) in [7, 11) is -3.71. The minimum atomic E-state index is -3.71. The van der Waals surface area contributed by atoms with E-state index in [1.807, 2.05) is 30.3 Å². The molecule has 1 amide bonds. The minimum Gasteiger partial charge on any atom is -0.379 e. The Morgan fingerprint density at radius 1 is 0.970 bits per heavy atom. The molecule has 2 aliphatic heterocycles. The molecular formula is C24H31N3O5S. The molecule has 0 saturated carbocycles. The van der Waals surface area contributed by atoms with Gasteiger partial charge in [0.2, 0.25) is 10.0 Å². The molecule has 1 atom stereocenters. The Balaban J connectivity index is 1.59. The van der Waals surface area contributed by atoms with Gasteiger partial charge in [-0.25, -0.2) is 8.42 Å². The fraction of sp³-hybridized carbons (Fsp3) is 0.458. The zero-order chi connectivity index (χ0) is 23.3. The van der Waals surface area contributed by atoms with Gasteiger partial charge < -0.3 is 19.7 Å². The van der Waals surface area contributed by atoms with E-state index < -0.39 is 10.0 Å². The molecule has 178 valence electrons. The predicted octanol–water partition coefficient (Wildman–Crippen LogP) is 2.08. The molecule has 9 heteroatoms. The Morgan fingerprint density at radius 2 is 1.61 bits per heavy atom. The fourth-order valence-corrected chi connectivity index (χ4v) is 5.55. The van der Waals surface area contributed by atoms with Gasteiger partial charge in [0.15, 0.2) is 0 Å². The average molecular weight is 474 g/mol.